The van der Waals surface area contributed by atoms with Gasteiger partial charge in [-0.25, -0.2) is 13.2 Å². The van der Waals surface area contributed by atoms with Crippen LogP contribution in [-0.4, -0.2) is 19.3 Å². The summed E-state index contributed by atoms with van der Waals surface area (Å²) in [6.07, 6.45) is 7.60. The molecule has 0 amide bonds. The van der Waals surface area contributed by atoms with E-state index in [4.69, 9.17) is 9.47 Å². The summed E-state index contributed by atoms with van der Waals surface area (Å²) >= 11 is 0. The lowest BCUT2D eigenvalue weighted by atomic mass is 9.82. The molecule has 38 heavy (non-hydrogen) atoms. The molecule has 3 aromatic rings. The van der Waals surface area contributed by atoms with E-state index in [-0.39, 0.29) is 17.8 Å². The van der Waals surface area contributed by atoms with Crippen LogP contribution in [0.25, 0.3) is 11.1 Å². The molecule has 0 bridgehead atoms. The van der Waals surface area contributed by atoms with E-state index in [0.29, 0.717) is 41.9 Å². The number of aryl methyl sites for hydroxylation is 2. The highest BCUT2D eigenvalue weighted by molar-refractivity contribution is 5.65. The highest BCUT2D eigenvalue weighted by Crippen LogP contribution is 2.36. The predicted molar refractivity (Wildman–Crippen MR) is 147 cm³/mol. The number of ether oxygens (including phenoxy) is 2. The third kappa shape index (κ3) is 7.19. The summed E-state index contributed by atoms with van der Waals surface area (Å²) in [7, 11) is 0. The Morgan fingerprint density at radius 1 is 0.763 bits per heavy atom. The summed E-state index contributed by atoms with van der Waals surface area (Å²) in [5, 5.41) is 0. The number of benzene rings is 3. The van der Waals surface area contributed by atoms with E-state index in [9.17, 15) is 8.78 Å². The van der Waals surface area contributed by atoms with E-state index in [0.717, 1.165) is 62.7 Å². The van der Waals surface area contributed by atoms with Gasteiger partial charge in [-0.1, -0.05) is 56.7 Å². The van der Waals surface area contributed by atoms with E-state index in [1.165, 1.54) is 6.07 Å². The van der Waals surface area contributed by atoms with Gasteiger partial charge in [0.15, 0.2) is 11.6 Å². The molecule has 3 aromatic carbocycles. The molecule has 0 radical (unpaired) electrons. The van der Waals surface area contributed by atoms with Gasteiger partial charge in [0.1, 0.15) is 11.6 Å². The molecule has 0 aliphatic heterocycles. The second-order valence-electron chi connectivity index (χ2n) is 10.3. The lowest BCUT2D eigenvalue weighted by Gasteiger charge is -2.29. The van der Waals surface area contributed by atoms with Crippen LogP contribution in [0.2, 0.25) is 0 Å². The normalized spacial score (nSPS) is 17.5. The van der Waals surface area contributed by atoms with Crippen LogP contribution in [0.1, 0.15) is 81.4 Å². The Morgan fingerprint density at radius 3 is 2.21 bits per heavy atom. The zero-order valence-corrected chi connectivity index (χ0v) is 22.6. The molecule has 0 spiro atoms. The van der Waals surface area contributed by atoms with E-state index < -0.39 is 11.6 Å². The second kappa shape index (κ2) is 13.8. The zero-order chi connectivity index (χ0) is 26.9. The minimum atomic E-state index is -0.730. The van der Waals surface area contributed by atoms with E-state index in [2.05, 4.69) is 13.8 Å². The maximum Gasteiger partial charge on any atom is 0.162 e. The maximum atomic E-state index is 15.0. The van der Waals surface area contributed by atoms with Crippen LogP contribution < -0.4 is 4.74 Å². The molecule has 204 valence electrons. The summed E-state index contributed by atoms with van der Waals surface area (Å²) in [6, 6.07) is 16.0. The largest absolute Gasteiger partial charge is 0.493 e. The van der Waals surface area contributed by atoms with Gasteiger partial charge < -0.3 is 9.47 Å². The Hall–Kier alpha value is -2.79. The molecule has 1 fully saturated rings. The molecule has 0 saturated heterocycles. The van der Waals surface area contributed by atoms with Crippen LogP contribution in [0.5, 0.6) is 5.75 Å². The third-order valence-corrected chi connectivity index (χ3v) is 7.52. The summed E-state index contributed by atoms with van der Waals surface area (Å²) in [6.45, 7) is 5.51. The van der Waals surface area contributed by atoms with Crippen LogP contribution in [0.3, 0.4) is 0 Å². The van der Waals surface area contributed by atoms with E-state index in [1.54, 1.807) is 24.3 Å². The van der Waals surface area contributed by atoms with Gasteiger partial charge >= 0.3 is 0 Å². The van der Waals surface area contributed by atoms with Crippen molar-refractivity contribution in [2.45, 2.75) is 83.7 Å². The summed E-state index contributed by atoms with van der Waals surface area (Å²) in [5.74, 6) is -1.18. The summed E-state index contributed by atoms with van der Waals surface area (Å²) in [4.78, 5) is 0. The Bertz CT molecular complexity index is 1170. The number of rotatable bonds is 12. The van der Waals surface area contributed by atoms with Gasteiger partial charge in [0.25, 0.3) is 0 Å². The Balaban J connectivity index is 1.34. The molecule has 1 aliphatic carbocycles. The Kier molecular flexibility index (Phi) is 10.3. The third-order valence-electron chi connectivity index (χ3n) is 7.52. The molecule has 5 heteroatoms. The van der Waals surface area contributed by atoms with Crippen molar-refractivity contribution in [2.75, 3.05) is 13.2 Å². The minimum Gasteiger partial charge on any atom is -0.493 e. The summed E-state index contributed by atoms with van der Waals surface area (Å²) < 4.78 is 56.1. The first-order valence-electron chi connectivity index (χ1n) is 14.1. The standard InChI is InChI=1S/C33H39F3O2/c1-3-5-21-38-28-17-19-29(31(34)22-28)24-9-6-23(7-10-24)8-11-26-14-18-30(33(36)32(26)35)25-12-15-27(16-13-25)37-20-4-2/h6-7,9-10,14,17-19,22,25,27H,3-5,8,11-13,15-16,20-21H2,1-2H3. The molecular formula is C33H39F3O2. The first-order chi connectivity index (χ1) is 18.5. The van der Waals surface area contributed by atoms with Gasteiger partial charge in [0, 0.05) is 18.2 Å². The number of hydrogen-bond donors (Lipinski definition) is 0. The fraction of sp³-hybridized carbons (Fsp3) is 0.455. The van der Waals surface area contributed by atoms with Crippen molar-refractivity contribution in [3.63, 3.8) is 0 Å². The maximum absolute atomic E-state index is 15.0. The number of unbranched alkanes of at least 4 members (excludes halogenated alkanes) is 1. The first-order valence-corrected chi connectivity index (χ1v) is 14.1. The SMILES string of the molecule is CCCCOc1ccc(-c2ccc(CCc3ccc(C4CCC(OCCC)CC4)c(F)c3F)cc2)c(F)c1. The molecule has 4 rings (SSSR count). The van der Waals surface area contributed by atoms with Gasteiger partial charge in [-0.3, -0.25) is 0 Å². The van der Waals surface area contributed by atoms with Crippen LogP contribution in [0.4, 0.5) is 13.2 Å². The fourth-order valence-electron chi connectivity index (χ4n) is 5.22. The van der Waals surface area contributed by atoms with Crippen molar-refractivity contribution in [2.24, 2.45) is 0 Å². The number of halogens is 3. The van der Waals surface area contributed by atoms with Crippen molar-refractivity contribution in [3.8, 4) is 16.9 Å². The van der Waals surface area contributed by atoms with Crippen LogP contribution in [-0.2, 0) is 17.6 Å². The highest BCUT2D eigenvalue weighted by Gasteiger charge is 2.26. The van der Waals surface area contributed by atoms with Gasteiger partial charge in [0.05, 0.1) is 12.7 Å². The average Bonchev–Trinajstić information content (AvgIpc) is 2.94. The molecular weight excluding hydrogens is 485 g/mol. The topological polar surface area (TPSA) is 18.5 Å². The van der Waals surface area contributed by atoms with E-state index >= 15 is 4.39 Å². The molecule has 1 aliphatic rings. The van der Waals surface area contributed by atoms with Gasteiger partial charge in [-0.05, 0) is 91.7 Å². The molecule has 0 aromatic heterocycles. The van der Waals surface area contributed by atoms with Crippen LogP contribution in [0, 0.1) is 17.5 Å². The lowest BCUT2D eigenvalue weighted by molar-refractivity contribution is 0.0248. The molecule has 2 nitrogen and oxygen atoms in total. The van der Waals surface area contributed by atoms with Crippen LogP contribution in [0.15, 0.2) is 54.6 Å². The number of hydrogen-bond acceptors (Lipinski definition) is 2. The first kappa shape index (κ1) is 28.2. The lowest BCUT2D eigenvalue weighted by Crippen LogP contribution is -2.22. The Morgan fingerprint density at radius 2 is 1.53 bits per heavy atom. The van der Waals surface area contributed by atoms with Crippen molar-refractivity contribution < 1.29 is 22.6 Å². The predicted octanol–water partition coefficient (Wildman–Crippen LogP) is 9.19. The minimum absolute atomic E-state index is 0.0462. The smallest absolute Gasteiger partial charge is 0.162 e. The molecule has 0 N–H and O–H groups in total. The quantitative estimate of drug-likeness (QED) is 0.220. The summed E-state index contributed by atoms with van der Waals surface area (Å²) in [5.41, 5.74) is 3.15. The fourth-order valence-corrected chi connectivity index (χ4v) is 5.22. The highest BCUT2D eigenvalue weighted by atomic mass is 19.2. The van der Waals surface area contributed by atoms with Crippen LogP contribution >= 0.6 is 0 Å². The van der Waals surface area contributed by atoms with Gasteiger partial charge in [-0.15, -0.1) is 0 Å². The van der Waals surface area contributed by atoms with E-state index in [1.807, 2.05) is 24.3 Å². The van der Waals surface area contributed by atoms with Crippen molar-refractivity contribution in [3.05, 3.63) is 88.7 Å². The molecule has 0 heterocycles. The molecule has 1 saturated carbocycles. The Labute approximate surface area is 225 Å². The van der Waals surface area contributed by atoms with Gasteiger partial charge in [-0.2, -0.15) is 0 Å². The average molecular weight is 525 g/mol. The monoisotopic (exact) mass is 524 g/mol. The van der Waals surface area contributed by atoms with Gasteiger partial charge in [0.2, 0.25) is 0 Å². The molecule has 0 atom stereocenters. The van der Waals surface area contributed by atoms with Crippen molar-refractivity contribution in [1.29, 1.82) is 0 Å². The van der Waals surface area contributed by atoms with Crippen molar-refractivity contribution >= 4 is 0 Å². The molecule has 0 unspecified atom stereocenters. The second-order valence-corrected chi connectivity index (χ2v) is 10.3. The van der Waals surface area contributed by atoms with Crippen molar-refractivity contribution in [1.82, 2.24) is 0 Å². The zero-order valence-electron chi connectivity index (χ0n) is 22.6.